The summed E-state index contributed by atoms with van der Waals surface area (Å²) in [5.41, 5.74) is 2.57. The predicted octanol–water partition coefficient (Wildman–Crippen LogP) is 2.21. The standard InChI is InChI=1S/C21H23N5O/c27-20(15-26-17-22-16-23-26)24-11-13-25(14-12-24)21(18-7-3-1-4-8-18)19-9-5-2-6-10-19/h1-10,16-17,21H,11-15H2. The second-order valence-corrected chi connectivity index (χ2v) is 6.73. The molecule has 0 saturated carbocycles. The van der Waals surface area contributed by atoms with Crippen LogP contribution in [0, 0.1) is 0 Å². The van der Waals surface area contributed by atoms with Crippen LogP contribution >= 0.6 is 0 Å². The molecule has 0 unspecified atom stereocenters. The molecule has 1 fully saturated rings. The van der Waals surface area contributed by atoms with Gasteiger partial charge in [0.25, 0.3) is 0 Å². The predicted molar refractivity (Wildman–Crippen MR) is 103 cm³/mol. The summed E-state index contributed by atoms with van der Waals surface area (Å²) in [7, 11) is 0. The number of hydrogen-bond acceptors (Lipinski definition) is 4. The summed E-state index contributed by atoms with van der Waals surface area (Å²) in [6.07, 6.45) is 3.03. The number of piperazine rings is 1. The van der Waals surface area contributed by atoms with Gasteiger partial charge < -0.3 is 4.90 Å². The Morgan fingerprint density at radius 3 is 2.00 bits per heavy atom. The van der Waals surface area contributed by atoms with E-state index >= 15 is 0 Å². The number of carbonyl (C=O) groups is 1. The quantitative estimate of drug-likeness (QED) is 0.699. The van der Waals surface area contributed by atoms with E-state index in [9.17, 15) is 4.79 Å². The first-order valence-corrected chi connectivity index (χ1v) is 9.25. The molecule has 2 aromatic carbocycles. The molecule has 0 spiro atoms. The molecule has 0 radical (unpaired) electrons. The van der Waals surface area contributed by atoms with Crippen LogP contribution < -0.4 is 0 Å². The first kappa shape index (κ1) is 17.4. The van der Waals surface area contributed by atoms with Crippen molar-refractivity contribution in [2.75, 3.05) is 26.2 Å². The van der Waals surface area contributed by atoms with Crippen molar-refractivity contribution in [1.82, 2.24) is 24.6 Å². The number of rotatable bonds is 5. The Morgan fingerprint density at radius 2 is 1.48 bits per heavy atom. The van der Waals surface area contributed by atoms with E-state index in [1.165, 1.54) is 17.5 Å². The molecule has 3 aromatic rings. The number of hydrogen-bond donors (Lipinski definition) is 0. The monoisotopic (exact) mass is 361 g/mol. The van der Waals surface area contributed by atoms with Gasteiger partial charge in [0.05, 0.1) is 6.04 Å². The Bertz CT molecular complexity index is 803. The lowest BCUT2D eigenvalue weighted by molar-refractivity contribution is -0.134. The highest BCUT2D eigenvalue weighted by Crippen LogP contribution is 2.29. The number of amides is 1. The third-order valence-corrected chi connectivity index (χ3v) is 5.03. The summed E-state index contributed by atoms with van der Waals surface area (Å²) in [4.78, 5) is 20.8. The Balaban J connectivity index is 1.46. The highest BCUT2D eigenvalue weighted by atomic mass is 16.2. The highest BCUT2D eigenvalue weighted by Gasteiger charge is 2.28. The molecule has 4 rings (SSSR count). The van der Waals surface area contributed by atoms with Crippen molar-refractivity contribution in [2.45, 2.75) is 12.6 Å². The van der Waals surface area contributed by atoms with Crippen molar-refractivity contribution in [3.63, 3.8) is 0 Å². The molecule has 0 atom stereocenters. The molecule has 27 heavy (non-hydrogen) atoms. The SMILES string of the molecule is O=C(Cn1cncn1)N1CCN(C(c2ccccc2)c2ccccc2)CC1. The van der Waals surface area contributed by atoms with E-state index in [1.54, 1.807) is 11.0 Å². The molecule has 1 aliphatic rings. The van der Waals surface area contributed by atoms with E-state index in [0.717, 1.165) is 26.2 Å². The van der Waals surface area contributed by atoms with Crippen molar-refractivity contribution in [1.29, 1.82) is 0 Å². The van der Waals surface area contributed by atoms with Gasteiger partial charge in [-0.1, -0.05) is 60.7 Å². The second-order valence-electron chi connectivity index (χ2n) is 6.73. The number of benzene rings is 2. The maximum Gasteiger partial charge on any atom is 0.244 e. The summed E-state index contributed by atoms with van der Waals surface area (Å²) in [5.74, 6) is 0.0936. The summed E-state index contributed by atoms with van der Waals surface area (Å²) >= 11 is 0. The molecule has 0 N–H and O–H groups in total. The number of nitrogens with zero attached hydrogens (tertiary/aromatic N) is 5. The zero-order chi connectivity index (χ0) is 18.5. The average Bonchev–Trinajstić information content (AvgIpc) is 3.23. The Morgan fingerprint density at radius 1 is 0.889 bits per heavy atom. The maximum absolute atomic E-state index is 12.5. The van der Waals surface area contributed by atoms with Gasteiger partial charge in [0.1, 0.15) is 19.2 Å². The second kappa shape index (κ2) is 8.14. The van der Waals surface area contributed by atoms with Crippen LogP contribution in [0.5, 0.6) is 0 Å². The van der Waals surface area contributed by atoms with Crippen molar-refractivity contribution in [3.8, 4) is 0 Å². The van der Waals surface area contributed by atoms with Gasteiger partial charge in [0.2, 0.25) is 5.91 Å². The summed E-state index contributed by atoms with van der Waals surface area (Å²) in [5, 5.41) is 4.02. The summed E-state index contributed by atoms with van der Waals surface area (Å²) in [6, 6.07) is 21.4. The average molecular weight is 361 g/mol. The van der Waals surface area contributed by atoms with Gasteiger partial charge in [-0.15, -0.1) is 0 Å². The van der Waals surface area contributed by atoms with E-state index < -0.39 is 0 Å². The highest BCUT2D eigenvalue weighted by molar-refractivity contribution is 5.76. The van der Waals surface area contributed by atoms with Crippen molar-refractivity contribution in [2.24, 2.45) is 0 Å². The lowest BCUT2D eigenvalue weighted by atomic mass is 9.96. The summed E-state index contributed by atoms with van der Waals surface area (Å²) in [6.45, 7) is 3.39. The van der Waals surface area contributed by atoms with Crippen molar-refractivity contribution >= 4 is 5.91 Å². The van der Waals surface area contributed by atoms with Crippen LogP contribution in [0.3, 0.4) is 0 Å². The molecule has 1 amide bonds. The Hall–Kier alpha value is -2.99. The number of carbonyl (C=O) groups excluding carboxylic acids is 1. The normalized spacial score (nSPS) is 15.2. The molecular weight excluding hydrogens is 338 g/mol. The lowest BCUT2D eigenvalue weighted by Gasteiger charge is -2.39. The molecule has 6 nitrogen and oxygen atoms in total. The smallest absolute Gasteiger partial charge is 0.244 e. The van der Waals surface area contributed by atoms with Gasteiger partial charge in [-0.2, -0.15) is 5.10 Å². The molecule has 0 bridgehead atoms. The topological polar surface area (TPSA) is 54.3 Å². The van der Waals surface area contributed by atoms with E-state index in [-0.39, 0.29) is 18.5 Å². The van der Waals surface area contributed by atoms with Crippen LogP contribution in [0.1, 0.15) is 17.2 Å². The Labute approximate surface area is 159 Å². The third-order valence-electron chi connectivity index (χ3n) is 5.03. The minimum atomic E-state index is 0.0936. The lowest BCUT2D eigenvalue weighted by Crippen LogP contribution is -2.50. The fraction of sp³-hybridized carbons (Fsp3) is 0.286. The molecule has 0 aliphatic carbocycles. The van der Waals surface area contributed by atoms with Gasteiger partial charge in [-0.25, -0.2) is 9.67 Å². The molecule has 6 heteroatoms. The first-order valence-electron chi connectivity index (χ1n) is 9.25. The number of aromatic nitrogens is 3. The van der Waals surface area contributed by atoms with E-state index in [1.807, 2.05) is 17.0 Å². The van der Waals surface area contributed by atoms with E-state index in [2.05, 4.69) is 63.5 Å². The first-order chi connectivity index (χ1) is 13.3. The molecule has 1 aliphatic heterocycles. The van der Waals surface area contributed by atoms with Crippen LogP contribution in [0.4, 0.5) is 0 Å². The fourth-order valence-electron chi connectivity index (χ4n) is 3.67. The van der Waals surface area contributed by atoms with Crippen LogP contribution in [0.15, 0.2) is 73.3 Å². The molecule has 2 heterocycles. The minimum absolute atomic E-state index is 0.0936. The fourth-order valence-corrected chi connectivity index (χ4v) is 3.67. The van der Waals surface area contributed by atoms with Crippen LogP contribution in [-0.4, -0.2) is 56.7 Å². The van der Waals surface area contributed by atoms with Crippen molar-refractivity contribution < 1.29 is 4.79 Å². The minimum Gasteiger partial charge on any atom is -0.339 e. The van der Waals surface area contributed by atoms with E-state index in [0.29, 0.717) is 0 Å². The van der Waals surface area contributed by atoms with Crippen LogP contribution in [0.2, 0.25) is 0 Å². The molecule has 138 valence electrons. The van der Waals surface area contributed by atoms with Gasteiger partial charge in [0.15, 0.2) is 0 Å². The molecule has 1 saturated heterocycles. The Kier molecular flexibility index (Phi) is 5.25. The van der Waals surface area contributed by atoms with E-state index in [4.69, 9.17) is 0 Å². The third kappa shape index (κ3) is 4.06. The van der Waals surface area contributed by atoms with Gasteiger partial charge in [-0.05, 0) is 11.1 Å². The van der Waals surface area contributed by atoms with Crippen LogP contribution in [0.25, 0.3) is 0 Å². The zero-order valence-electron chi connectivity index (χ0n) is 15.2. The van der Waals surface area contributed by atoms with Gasteiger partial charge >= 0.3 is 0 Å². The van der Waals surface area contributed by atoms with Crippen molar-refractivity contribution in [3.05, 3.63) is 84.4 Å². The molecular formula is C21H23N5O. The van der Waals surface area contributed by atoms with Gasteiger partial charge in [0, 0.05) is 26.2 Å². The summed E-state index contributed by atoms with van der Waals surface area (Å²) < 4.78 is 1.57. The van der Waals surface area contributed by atoms with Crippen LogP contribution in [-0.2, 0) is 11.3 Å². The zero-order valence-corrected chi connectivity index (χ0v) is 15.2. The maximum atomic E-state index is 12.5. The largest absolute Gasteiger partial charge is 0.339 e. The molecule has 1 aromatic heterocycles. The van der Waals surface area contributed by atoms with Gasteiger partial charge in [-0.3, -0.25) is 9.69 Å².